The van der Waals surface area contributed by atoms with Gasteiger partial charge in [-0.3, -0.25) is 0 Å². The van der Waals surface area contributed by atoms with E-state index in [0.717, 1.165) is 47.7 Å². The first kappa shape index (κ1) is 23.2. The molecule has 2 atom stereocenters. The third kappa shape index (κ3) is 5.41. The summed E-state index contributed by atoms with van der Waals surface area (Å²) in [5.41, 5.74) is 3.76. The van der Waals surface area contributed by atoms with Gasteiger partial charge in [0.2, 0.25) is 5.95 Å². The van der Waals surface area contributed by atoms with Crippen LogP contribution in [0, 0.1) is 0 Å². The lowest BCUT2D eigenvalue weighted by Crippen LogP contribution is -2.42. The maximum atomic E-state index is 12.3. The predicted molar refractivity (Wildman–Crippen MR) is 138 cm³/mol. The molecule has 1 saturated carbocycles. The number of anilines is 1. The van der Waals surface area contributed by atoms with E-state index in [1.54, 1.807) is 6.20 Å². The van der Waals surface area contributed by atoms with Crippen molar-refractivity contribution < 1.29 is 9.53 Å². The molecule has 0 spiro atoms. The maximum Gasteiger partial charge on any atom is 0.407 e. The van der Waals surface area contributed by atoms with Gasteiger partial charge in [-0.2, -0.15) is 0 Å². The molecule has 0 bridgehead atoms. The molecule has 2 aromatic heterocycles. The number of rotatable bonds is 6. The van der Waals surface area contributed by atoms with Gasteiger partial charge in [-0.1, -0.05) is 54.1 Å². The summed E-state index contributed by atoms with van der Waals surface area (Å²) in [5, 5.41) is 8.07. The predicted octanol–water partition coefficient (Wildman–Crippen LogP) is 5.94. The Morgan fingerprint density at radius 2 is 1.94 bits per heavy atom. The zero-order chi connectivity index (χ0) is 24.2. The highest BCUT2D eigenvalue weighted by Crippen LogP contribution is 2.33. The van der Waals surface area contributed by atoms with Crippen LogP contribution in [0.15, 0.2) is 67.0 Å². The van der Waals surface area contributed by atoms with Crippen LogP contribution in [0.3, 0.4) is 0 Å². The van der Waals surface area contributed by atoms with Crippen LogP contribution < -0.4 is 10.6 Å². The van der Waals surface area contributed by atoms with E-state index in [0.29, 0.717) is 16.7 Å². The van der Waals surface area contributed by atoms with Crippen LogP contribution in [0.4, 0.5) is 10.7 Å². The number of aryl methyl sites for hydroxylation is 1. The molecule has 0 saturated heterocycles. The lowest BCUT2D eigenvalue weighted by molar-refractivity contribution is 0.132. The first-order valence-electron chi connectivity index (χ1n) is 11.9. The molecule has 0 radical (unpaired) electrons. The molecule has 1 amide bonds. The zero-order valence-electron chi connectivity index (χ0n) is 19.6. The van der Waals surface area contributed by atoms with Gasteiger partial charge in [0.1, 0.15) is 6.61 Å². The first-order valence-corrected chi connectivity index (χ1v) is 12.3. The van der Waals surface area contributed by atoms with Gasteiger partial charge in [-0.05, 0) is 43.4 Å². The molecular formula is C27H28ClN5O2. The molecule has 1 aliphatic rings. The lowest BCUT2D eigenvalue weighted by atomic mass is 9.91. The second-order valence-corrected chi connectivity index (χ2v) is 9.37. The topological polar surface area (TPSA) is 81.1 Å². The van der Waals surface area contributed by atoms with E-state index in [4.69, 9.17) is 21.3 Å². The fourth-order valence-electron chi connectivity index (χ4n) is 4.70. The molecule has 0 unspecified atom stereocenters. The van der Waals surface area contributed by atoms with Crippen LogP contribution in [0.2, 0.25) is 5.02 Å². The molecule has 7 nitrogen and oxygen atoms in total. The number of aromatic nitrogens is 3. The second-order valence-electron chi connectivity index (χ2n) is 8.97. The molecule has 2 N–H and O–H groups in total. The van der Waals surface area contributed by atoms with Gasteiger partial charge in [0.25, 0.3) is 0 Å². The number of nitrogens with one attached hydrogen (secondary N) is 2. The summed E-state index contributed by atoms with van der Waals surface area (Å²) in [7, 11) is 2.02. The Morgan fingerprint density at radius 1 is 1.11 bits per heavy atom. The number of amides is 1. The van der Waals surface area contributed by atoms with Gasteiger partial charge in [0.05, 0.1) is 16.9 Å². The quantitative estimate of drug-likeness (QED) is 0.350. The highest BCUT2D eigenvalue weighted by atomic mass is 35.5. The Kier molecular flexibility index (Phi) is 6.86. The number of hydrogen-bond acceptors (Lipinski definition) is 5. The Hall–Kier alpha value is -3.58. The van der Waals surface area contributed by atoms with Crippen LogP contribution in [0.5, 0.6) is 0 Å². The molecule has 0 aliphatic heterocycles. The number of nitrogens with zero attached hydrogens (tertiary/aromatic N) is 3. The summed E-state index contributed by atoms with van der Waals surface area (Å²) in [6.45, 7) is 0.261. The number of halogens is 1. The highest BCUT2D eigenvalue weighted by molar-refractivity contribution is 6.33. The van der Waals surface area contributed by atoms with Gasteiger partial charge in [-0.25, -0.2) is 14.8 Å². The molecule has 2 aromatic carbocycles. The summed E-state index contributed by atoms with van der Waals surface area (Å²) >= 11 is 6.51. The smallest absolute Gasteiger partial charge is 0.407 e. The van der Waals surface area contributed by atoms with E-state index in [9.17, 15) is 4.79 Å². The van der Waals surface area contributed by atoms with Gasteiger partial charge in [0.15, 0.2) is 0 Å². The largest absolute Gasteiger partial charge is 0.445 e. The van der Waals surface area contributed by atoms with Gasteiger partial charge >= 0.3 is 6.09 Å². The van der Waals surface area contributed by atoms with E-state index < -0.39 is 0 Å². The van der Waals surface area contributed by atoms with Crippen LogP contribution in [0.1, 0.15) is 31.2 Å². The SMILES string of the molecule is Cn1ccc2c(-c3nc(N[C@@H]4CCC[C@H](NC(=O)OCc5ccccc5)C4)ncc3Cl)cccc21. The molecule has 2 heterocycles. The fraction of sp³-hybridized carbons (Fsp3) is 0.296. The normalized spacial score (nSPS) is 17.8. The number of ether oxygens (including phenoxy) is 1. The highest BCUT2D eigenvalue weighted by Gasteiger charge is 2.25. The minimum atomic E-state index is -0.388. The molecule has 1 aliphatic carbocycles. The van der Waals surface area contributed by atoms with Gasteiger partial charge < -0.3 is 19.9 Å². The van der Waals surface area contributed by atoms with Crippen molar-refractivity contribution in [3.05, 3.63) is 77.6 Å². The Labute approximate surface area is 209 Å². The lowest BCUT2D eigenvalue weighted by Gasteiger charge is -2.30. The van der Waals surface area contributed by atoms with E-state index in [1.807, 2.05) is 55.7 Å². The molecule has 35 heavy (non-hydrogen) atoms. The van der Waals surface area contributed by atoms with Crippen molar-refractivity contribution in [1.82, 2.24) is 19.9 Å². The monoisotopic (exact) mass is 489 g/mol. The molecule has 4 aromatic rings. The number of fused-ring (bicyclic) bond motifs is 1. The Morgan fingerprint density at radius 3 is 2.80 bits per heavy atom. The molecule has 180 valence electrons. The van der Waals surface area contributed by atoms with Crippen LogP contribution in [-0.2, 0) is 18.4 Å². The summed E-state index contributed by atoms with van der Waals surface area (Å²) in [6.07, 6.45) is 6.95. The minimum absolute atomic E-state index is 0.0364. The van der Waals surface area contributed by atoms with Crippen molar-refractivity contribution in [3.63, 3.8) is 0 Å². The molecule has 1 fully saturated rings. The van der Waals surface area contributed by atoms with Crippen molar-refractivity contribution in [2.45, 2.75) is 44.4 Å². The summed E-state index contributed by atoms with van der Waals surface area (Å²) in [4.78, 5) is 21.5. The number of alkyl carbamates (subject to hydrolysis) is 1. The van der Waals surface area contributed by atoms with Crippen molar-refractivity contribution in [3.8, 4) is 11.3 Å². The Balaban J connectivity index is 1.23. The van der Waals surface area contributed by atoms with E-state index in [2.05, 4.69) is 32.3 Å². The van der Waals surface area contributed by atoms with Crippen molar-refractivity contribution in [2.24, 2.45) is 7.05 Å². The standard InChI is InChI=1S/C27H28ClN5O2/c1-33-14-13-21-22(11-6-12-24(21)33)25-23(28)16-29-26(32-25)30-19-9-5-10-20(15-19)31-27(34)35-17-18-7-3-2-4-8-18/h2-4,6-8,11-14,16,19-20H,5,9-10,15,17H2,1H3,(H,31,34)(H,29,30,32)/t19-,20+/m1/s1. The Bertz CT molecular complexity index is 1320. The zero-order valence-corrected chi connectivity index (χ0v) is 20.3. The third-order valence-electron chi connectivity index (χ3n) is 6.47. The van der Waals surface area contributed by atoms with Crippen LogP contribution >= 0.6 is 11.6 Å². The minimum Gasteiger partial charge on any atom is -0.445 e. The average molecular weight is 490 g/mol. The van der Waals surface area contributed by atoms with Crippen molar-refractivity contribution >= 4 is 34.5 Å². The summed E-state index contributed by atoms with van der Waals surface area (Å²) in [6, 6.07) is 18.0. The van der Waals surface area contributed by atoms with E-state index in [-0.39, 0.29) is 24.8 Å². The van der Waals surface area contributed by atoms with Crippen LogP contribution in [-0.4, -0.2) is 32.7 Å². The fourth-order valence-corrected chi connectivity index (χ4v) is 4.89. The molecular weight excluding hydrogens is 462 g/mol. The number of benzene rings is 2. The second kappa shape index (κ2) is 10.4. The number of carbonyl (C=O) groups is 1. The number of carbonyl (C=O) groups excluding carboxylic acids is 1. The van der Waals surface area contributed by atoms with E-state index >= 15 is 0 Å². The molecule has 8 heteroatoms. The van der Waals surface area contributed by atoms with E-state index in [1.165, 1.54) is 0 Å². The molecule has 5 rings (SSSR count). The van der Waals surface area contributed by atoms with Gasteiger partial charge in [-0.15, -0.1) is 0 Å². The first-order chi connectivity index (χ1) is 17.1. The van der Waals surface area contributed by atoms with Crippen molar-refractivity contribution in [2.75, 3.05) is 5.32 Å². The third-order valence-corrected chi connectivity index (χ3v) is 6.75. The van der Waals surface area contributed by atoms with Crippen LogP contribution in [0.25, 0.3) is 22.2 Å². The maximum absolute atomic E-state index is 12.3. The number of hydrogen-bond donors (Lipinski definition) is 2. The average Bonchev–Trinajstić information content (AvgIpc) is 3.26. The summed E-state index contributed by atoms with van der Waals surface area (Å²) in [5.74, 6) is 0.537. The van der Waals surface area contributed by atoms with Gasteiger partial charge in [0, 0.05) is 41.8 Å². The summed E-state index contributed by atoms with van der Waals surface area (Å²) < 4.78 is 7.46. The van der Waals surface area contributed by atoms with Crippen molar-refractivity contribution in [1.29, 1.82) is 0 Å².